The first-order chi connectivity index (χ1) is 9.97. The summed E-state index contributed by atoms with van der Waals surface area (Å²) in [7, 11) is -3.81. The molecule has 1 unspecified atom stereocenters. The molecule has 0 aliphatic carbocycles. The summed E-state index contributed by atoms with van der Waals surface area (Å²) in [6, 6.07) is 1.47. The zero-order chi connectivity index (χ0) is 15.0. The SMILES string of the molecule is CC1CCn2ncc(C(=O)NS(=O)(=O)c3ccsc3)c2C1. The van der Waals surface area contributed by atoms with Gasteiger partial charge < -0.3 is 0 Å². The highest BCUT2D eigenvalue weighted by Crippen LogP contribution is 2.23. The first-order valence-electron chi connectivity index (χ1n) is 6.61. The van der Waals surface area contributed by atoms with Gasteiger partial charge in [-0.25, -0.2) is 13.1 Å². The molecular weight excluding hydrogens is 310 g/mol. The van der Waals surface area contributed by atoms with Gasteiger partial charge >= 0.3 is 0 Å². The highest BCUT2D eigenvalue weighted by molar-refractivity contribution is 7.90. The highest BCUT2D eigenvalue weighted by Gasteiger charge is 2.26. The number of nitrogens with one attached hydrogen (secondary N) is 1. The van der Waals surface area contributed by atoms with Crippen LogP contribution in [0, 0.1) is 5.92 Å². The van der Waals surface area contributed by atoms with Crippen LogP contribution >= 0.6 is 11.3 Å². The number of thiophene rings is 1. The van der Waals surface area contributed by atoms with E-state index in [1.807, 2.05) is 0 Å². The maximum Gasteiger partial charge on any atom is 0.268 e. The molecule has 0 aromatic carbocycles. The third-order valence-electron chi connectivity index (χ3n) is 3.60. The molecule has 1 aliphatic heterocycles. The number of hydrogen-bond acceptors (Lipinski definition) is 5. The first kappa shape index (κ1) is 14.3. The van der Waals surface area contributed by atoms with Gasteiger partial charge in [-0.3, -0.25) is 9.48 Å². The van der Waals surface area contributed by atoms with Crippen LogP contribution in [0.3, 0.4) is 0 Å². The second-order valence-corrected chi connectivity index (χ2v) is 7.68. The van der Waals surface area contributed by atoms with Gasteiger partial charge in [0, 0.05) is 11.9 Å². The van der Waals surface area contributed by atoms with Gasteiger partial charge in [0.05, 0.1) is 22.3 Å². The molecule has 1 atom stereocenters. The molecule has 6 nitrogen and oxygen atoms in total. The average molecular weight is 325 g/mol. The summed E-state index contributed by atoms with van der Waals surface area (Å²) in [5, 5.41) is 7.31. The smallest absolute Gasteiger partial charge is 0.268 e. The number of hydrogen-bond donors (Lipinski definition) is 1. The number of fused-ring (bicyclic) bond motifs is 1. The quantitative estimate of drug-likeness (QED) is 0.930. The maximum atomic E-state index is 12.3. The van der Waals surface area contributed by atoms with Crippen molar-refractivity contribution in [3.63, 3.8) is 0 Å². The monoisotopic (exact) mass is 325 g/mol. The Morgan fingerprint density at radius 2 is 2.33 bits per heavy atom. The summed E-state index contributed by atoms with van der Waals surface area (Å²) in [6.07, 6.45) is 3.20. The Labute approximate surface area is 126 Å². The van der Waals surface area contributed by atoms with Crippen LogP contribution in [0.2, 0.25) is 0 Å². The third kappa shape index (κ3) is 2.73. The summed E-state index contributed by atoms with van der Waals surface area (Å²) in [5.41, 5.74) is 1.16. The van der Waals surface area contributed by atoms with Crippen LogP contribution in [0.15, 0.2) is 27.9 Å². The highest BCUT2D eigenvalue weighted by atomic mass is 32.2. The Kier molecular flexibility index (Phi) is 3.58. The summed E-state index contributed by atoms with van der Waals surface area (Å²) in [6.45, 7) is 2.88. The van der Waals surface area contributed by atoms with Gasteiger partial charge in [-0.1, -0.05) is 6.92 Å². The lowest BCUT2D eigenvalue weighted by Gasteiger charge is -2.20. The van der Waals surface area contributed by atoms with E-state index in [0.717, 1.165) is 25.1 Å². The molecule has 8 heteroatoms. The predicted octanol–water partition coefficient (Wildman–Crippen LogP) is 1.65. The average Bonchev–Trinajstić information content (AvgIpc) is 3.07. The van der Waals surface area contributed by atoms with Crippen molar-refractivity contribution in [1.29, 1.82) is 0 Å². The van der Waals surface area contributed by atoms with Gasteiger partial charge in [0.15, 0.2) is 0 Å². The Morgan fingerprint density at radius 1 is 1.52 bits per heavy atom. The fourth-order valence-corrected chi connectivity index (χ4v) is 4.42. The Balaban J connectivity index is 1.86. The van der Waals surface area contributed by atoms with Gasteiger partial charge in [-0.2, -0.15) is 16.4 Å². The molecule has 1 N–H and O–H groups in total. The molecule has 3 heterocycles. The van der Waals surface area contributed by atoms with E-state index < -0.39 is 15.9 Å². The predicted molar refractivity (Wildman–Crippen MR) is 78.7 cm³/mol. The van der Waals surface area contributed by atoms with Gasteiger partial charge in [-0.05, 0) is 30.2 Å². The van der Waals surface area contributed by atoms with Crippen LogP contribution < -0.4 is 4.72 Å². The van der Waals surface area contributed by atoms with Crippen molar-refractivity contribution < 1.29 is 13.2 Å². The summed E-state index contributed by atoms with van der Waals surface area (Å²) >= 11 is 1.27. The first-order valence-corrected chi connectivity index (χ1v) is 9.04. The number of carbonyl (C=O) groups excluding carboxylic acids is 1. The van der Waals surface area contributed by atoms with E-state index >= 15 is 0 Å². The molecule has 3 rings (SSSR count). The number of rotatable bonds is 3. The van der Waals surface area contributed by atoms with Gasteiger partial charge in [0.25, 0.3) is 15.9 Å². The number of sulfonamides is 1. The van der Waals surface area contributed by atoms with Crippen LogP contribution in [0.1, 0.15) is 29.4 Å². The fourth-order valence-electron chi connectivity index (χ4n) is 2.42. The van der Waals surface area contributed by atoms with Gasteiger partial charge in [0.1, 0.15) is 0 Å². The molecule has 0 bridgehead atoms. The Hall–Kier alpha value is -1.67. The van der Waals surface area contributed by atoms with Crippen molar-refractivity contribution in [2.45, 2.75) is 31.2 Å². The zero-order valence-corrected chi connectivity index (χ0v) is 13.1. The molecule has 0 fully saturated rings. The lowest BCUT2D eigenvalue weighted by atomic mass is 9.96. The standard InChI is InChI=1S/C13H15N3O3S2/c1-9-2-4-16-12(6-9)11(7-14-16)13(17)15-21(18,19)10-3-5-20-8-10/h3,5,7-9H,2,4,6H2,1H3,(H,15,17). The van der Waals surface area contributed by atoms with E-state index in [1.165, 1.54) is 29.0 Å². The molecule has 1 amide bonds. The van der Waals surface area contributed by atoms with Crippen LogP contribution in [0.4, 0.5) is 0 Å². The van der Waals surface area contributed by atoms with Crippen molar-refractivity contribution in [1.82, 2.24) is 14.5 Å². The number of amides is 1. The number of aromatic nitrogens is 2. The fraction of sp³-hybridized carbons (Fsp3) is 0.385. The molecule has 0 saturated carbocycles. The summed E-state index contributed by atoms with van der Waals surface area (Å²) < 4.78 is 28.1. The Bertz CT molecular complexity index is 763. The van der Waals surface area contributed by atoms with E-state index in [4.69, 9.17) is 0 Å². The van der Waals surface area contributed by atoms with Gasteiger partial charge in [-0.15, -0.1) is 0 Å². The molecule has 0 spiro atoms. The second-order valence-electron chi connectivity index (χ2n) is 5.22. The molecule has 21 heavy (non-hydrogen) atoms. The van der Waals surface area contributed by atoms with Crippen LogP contribution in [0.5, 0.6) is 0 Å². The molecule has 0 saturated heterocycles. The van der Waals surface area contributed by atoms with Crippen molar-refractivity contribution in [2.75, 3.05) is 0 Å². The molecule has 112 valence electrons. The van der Waals surface area contributed by atoms with E-state index in [2.05, 4.69) is 16.7 Å². The van der Waals surface area contributed by atoms with Crippen LogP contribution in [0.25, 0.3) is 0 Å². The topological polar surface area (TPSA) is 81.1 Å². The normalized spacial score (nSPS) is 18.2. The number of aryl methyl sites for hydroxylation is 1. The minimum Gasteiger partial charge on any atom is -0.269 e. The van der Waals surface area contributed by atoms with Crippen LogP contribution in [-0.4, -0.2) is 24.1 Å². The van der Waals surface area contributed by atoms with Crippen molar-refractivity contribution >= 4 is 27.3 Å². The van der Waals surface area contributed by atoms with E-state index in [0.29, 0.717) is 11.5 Å². The second kappa shape index (κ2) is 5.27. The lowest BCUT2D eigenvalue weighted by Crippen LogP contribution is -2.31. The van der Waals surface area contributed by atoms with Crippen molar-refractivity contribution in [3.05, 3.63) is 34.3 Å². The molecular formula is C13H15N3O3S2. The van der Waals surface area contributed by atoms with Crippen molar-refractivity contribution in [3.8, 4) is 0 Å². The largest absolute Gasteiger partial charge is 0.269 e. The zero-order valence-electron chi connectivity index (χ0n) is 11.4. The molecule has 0 radical (unpaired) electrons. The lowest BCUT2D eigenvalue weighted by molar-refractivity contribution is 0.0979. The van der Waals surface area contributed by atoms with Crippen LogP contribution in [-0.2, 0) is 23.0 Å². The molecule has 2 aromatic heterocycles. The molecule has 1 aliphatic rings. The van der Waals surface area contributed by atoms with E-state index in [1.54, 1.807) is 10.1 Å². The Morgan fingerprint density at radius 3 is 3.05 bits per heavy atom. The maximum absolute atomic E-state index is 12.3. The van der Waals surface area contributed by atoms with Gasteiger partial charge in [0.2, 0.25) is 0 Å². The van der Waals surface area contributed by atoms with E-state index in [9.17, 15) is 13.2 Å². The number of carbonyl (C=O) groups is 1. The third-order valence-corrected chi connectivity index (χ3v) is 5.76. The summed E-state index contributed by atoms with van der Waals surface area (Å²) in [5.74, 6) is -0.147. The number of nitrogens with zero attached hydrogens (tertiary/aromatic N) is 2. The molecule has 2 aromatic rings. The minimum absolute atomic E-state index is 0.107. The minimum atomic E-state index is -3.81. The van der Waals surface area contributed by atoms with E-state index in [-0.39, 0.29) is 4.90 Å². The van der Waals surface area contributed by atoms with Crippen molar-refractivity contribution in [2.24, 2.45) is 5.92 Å². The summed E-state index contributed by atoms with van der Waals surface area (Å²) in [4.78, 5) is 12.4.